The molecule has 0 bridgehead atoms. The van der Waals surface area contributed by atoms with Crippen molar-refractivity contribution in [2.45, 2.75) is 20.3 Å². The molecule has 1 unspecified atom stereocenters. The van der Waals surface area contributed by atoms with E-state index in [2.05, 4.69) is 5.32 Å². The first-order valence-corrected chi connectivity index (χ1v) is 8.45. The Morgan fingerprint density at radius 2 is 2.00 bits per heavy atom. The lowest BCUT2D eigenvalue weighted by Crippen LogP contribution is -2.40. The van der Waals surface area contributed by atoms with E-state index in [1.807, 2.05) is 7.05 Å². The van der Waals surface area contributed by atoms with Gasteiger partial charge in [-0.1, -0.05) is 13.8 Å². The number of hydrogen-bond acceptors (Lipinski definition) is 4. The van der Waals surface area contributed by atoms with Gasteiger partial charge in [-0.25, -0.2) is 12.7 Å². The molecule has 1 fully saturated rings. The molecule has 0 aromatic heterocycles. The Balaban J connectivity index is 2.56. The van der Waals surface area contributed by atoms with Crippen molar-refractivity contribution in [3.63, 3.8) is 0 Å². The molecular formula is C12H25N3O3S. The zero-order valence-corrected chi connectivity index (χ0v) is 12.9. The third-order valence-corrected chi connectivity index (χ3v) is 5.45. The van der Waals surface area contributed by atoms with Gasteiger partial charge >= 0.3 is 0 Å². The zero-order chi connectivity index (χ0) is 14.5. The number of nitrogens with zero attached hydrogens (tertiary/aromatic N) is 2. The molecule has 1 aliphatic heterocycles. The first-order valence-electron chi connectivity index (χ1n) is 6.84. The molecule has 1 saturated heterocycles. The summed E-state index contributed by atoms with van der Waals surface area (Å²) in [4.78, 5) is 13.7. The fourth-order valence-corrected chi connectivity index (χ4v) is 3.93. The van der Waals surface area contributed by atoms with Crippen molar-refractivity contribution in [1.82, 2.24) is 14.5 Å². The van der Waals surface area contributed by atoms with E-state index in [4.69, 9.17) is 0 Å². The van der Waals surface area contributed by atoms with E-state index < -0.39 is 15.8 Å². The molecule has 7 heteroatoms. The van der Waals surface area contributed by atoms with E-state index in [1.165, 1.54) is 4.31 Å². The number of rotatable bonds is 7. The molecule has 19 heavy (non-hydrogen) atoms. The molecule has 1 N–H and O–H groups in total. The van der Waals surface area contributed by atoms with Gasteiger partial charge in [0.1, 0.15) is 5.75 Å². The normalized spacial score (nSPS) is 20.2. The van der Waals surface area contributed by atoms with Gasteiger partial charge in [-0.2, -0.15) is 0 Å². The van der Waals surface area contributed by atoms with E-state index in [1.54, 1.807) is 18.7 Å². The summed E-state index contributed by atoms with van der Waals surface area (Å²) in [7, 11) is -1.58. The first-order chi connectivity index (χ1) is 8.94. The van der Waals surface area contributed by atoms with Crippen molar-refractivity contribution in [1.29, 1.82) is 0 Å². The van der Waals surface area contributed by atoms with Crippen LogP contribution in [-0.4, -0.2) is 69.1 Å². The molecule has 112 valence electrons. The Morgan fingerprint density at radius 3 is 2.53 bits per heavy atom. The Morgan fingerprint density at radius 1 is 1.37 bits per heavy atom. The van der Waals surface area contributed by atoms with Crippen molar-refractivity contribution in [2.75, 3.05) is 45.5 Å². The maximum Gasteiger partial charge on any atom is 0.239 e. The minimum atomic E-state index is -3.46. The molecule has 6 nitrogen and oxygen atoms in total. The second kappa shape index (κ2) is 7.21. The molecule has 0 spiro atoms. The monoisotopic (exact) mass is 291 g/mol. The lowest BCUT2D eigenvalue weighted by atomic mass is 10.1. The zero-order valence-electron chi connectivity index (χ0n) is 12.1. The molecule has 1 amide bonds. The average molecular weight is 291 g/mol. The fourth-order valence-electron chi connectivity index (χ4n) is 2.47. The molecule has 0 radical (unpaired) electrons. The maximum atomic E-state index is 12.0. The van der Waals surface area contributed by atoms with Crippen LogP contribution >= 0.6 is 0 Å². The van der Waals surface area contributed by atoms with Crippen LogP contribution in [0.5, 0.6) is 0 Å². The number of amides is 1. The van der Waals surface area contributed by atoms with Crippen LogP contribution in [0.1, 0.15) is 20.3 Å². The second-order valence-electron chi connectivity index (χ2n) is 4.89. The Bertz CT molecular complexity index is 393. The predicted octanol–water partition coefficient (Wildman–Crippen LogP) is -0.274. The first kappa shape index (κ1) is 16.4. The highest BCUT2D eigenvalue weighted by atomic mass is 32.2. The van der Waals surface area contributed by atoms with Crippen LogP contribution < -0.4 is 5.32 Å². The van der Waals surface area contributed by atoms with Gasteiger partial charge in [0, 0.05) is 26.2 Å². The molecule has 0 saturated carbocycles. The Kier molecular flexibility index (Phi) is 6.22. The lowest BCUT2D eigenvalue weighted by molar-refractivity contribution is -0.127. The molecule has 0 aromatic carbocycles. The third kappa shape index (κ3) is 4.43. The summed E-state index contributed by atoms with van der Waals surface area (Å²) in [5.74, 6) is -0.239. The largest absolute Gasteiger partial charge is 0.341 e. The summed E-state index contributed by atoms with van der Waals surface area (Å²) in [5, 5.41) is 3.09. The highest BCUT2D eigenvalue weighted by Crippen LogP contribution is 2.16. The number of sulfonamides is 1. The van der Waals surface area contributed by atoms with Crippen LogP contribution in [0.15, 0.2) is 0 Å². The van der Waals surface area contributed by atoms with Gasteiger partial charge in [0.15, 0.2) is 0 Å². The number of hydrogen-bond donors (Lipinski definition) is 1. The quantitative estimate of drug-likeness (QED) is 0.701. The van der Waals surface area contributed by atoms with Gasteiger partial charge in [-0.15, -0.1) is 0 Å². The van der Waals surface area contributed by atoms with Crippen molar-refractivity contribution in [3.05, 3.63) is 0 Å². The SMILES string of the molecule is CCN(CC)S(=O)(=O)CC(=O)N1CCC(CNC)C1. The summed E-state index contributed by atoms with van der Waals surface area (Å²) in [6.07, 6.45) is 0.942. The van der Waals surface area contributed by atoms with E-state index >= 15 is 0 Å². The van der Waals surface area contributed by atoms with E-state index in [0.29, 0.717) is 32.1 Å². The molecule has 0 aromatic rings. The van der Waals surface area contributed by atoms with Crippen LogP contribution in [0.3, 0.4) is 0 Å². The van der Waals surface area contributed by atoms with Gasteiger partial charge in [-0.3, -0.25) is 4.79 Å². The predicted molar refractivity (Wildman–Crippen MR) is 75.3 cm³/mol. The van der Waals surface area contributed by atoms with Crippen LogP contribution in [0.4, 0.5) is 0 Å². The van der Waals surface area contributed by atoms with E-state index in [-0.39, 0.29) is 5.91 Å². The number of carbonyl (C=O) groups is 1. The Hall–Kier alpha value is -0.660. The van der Waals surface area contributed by atoms with Gasteiger partial charge in [0.25, 0.3) is 0 Å². The lowest BCUT2D eigenvalue weighted by Gasteiger charge is -2.21. The molecule has 1 rings (SSSR count). The van der Waals surface area contributed by atoms with Gasteiger partial charge < -0.3 is 10.2 Å². The van der Waals surface area contributed by atoms with Crippen molar-refractivity contribution < 1.29 is 13.2 Å². The smallest absolute Gasteiger partial charge is 0.239 e. The minimum absolute atomic E-state index is 0.273. The van der Waals surface area contributed by atoms with E-state index in [0.717, 1.165) is 13.0 Å². The molecule has 0 aliphatic carbocycles. The van der Waals surface area contributed by atoms with Gasteiger partial charge in [0.05, 0.1) is 0 Å². The molecule has 1 heterocycles. The minimum Gasteiger partial charge on any atom is -0.341 e. The highest BCUT2D eigenvalue weighted by molar-refractivity contribution is 7.89. The van der Waals surface area contributed by atoms with Crippen LogP contribution in [0, 0.1) is 5.92 Å². The fraction of sp³-hybridized carbons (Fsp3) is 0.917. The summed E-state index contributed by atoms with van der Waals surface area (Å²) in [6, 6.07) is 0. The molecule has 1 atom stereocenters. The highest BCUT2D eigenvalue weighted by Gasteiger charge is 2.30. The third-order valence-electron chi connectivity index (χ3n) is 3.54. The van der Waals surface area contributed by atoms with Gasteiger partial charge in [0.2, 0.25) is 15.9 Å². The molecular weight excluding hydrogens is 266 g/mol. The van der Waals surface area contributed by atoms with Crippen molar-refractivity contribution in [2.24, 2.45) is 5.92 Å². The second-order valence-corrected chi connectivity index (χ2v) is 6.86. The number of carbonyl (C=O) groups excluding carboxylic acids is 1. The number of nitrogens with one attached hydrogen (secondary N) is 1. The summed E-state index contributed by atoms with van der Waals surface area (Å²) >= 11 is 0. The van der Waals surface area contributed by atoms with Crippen LogP contribution in [0.2, 0.25) is 0 Å². The van der Waals surface area contributed by atoms with Crippen molar-refractivity contribution in [3.8, 4) is 0 Å². The molecule has 1 aliphatic rings. The summed E-state index contributed by atoms with van der Waals surface area (Å²) in [6.45, 7) is 6.58. The average Bonchev–Trinajstić information content (AvgIpc) is 2.78. The topological polar surface area (TPSA) is 69.7 Å². The van der Waals surface area contributed by atoms with E-state index in [9.17, 15) is 13.2 Å². The maximum absolute atomic E-state index is 12.0. The van der Waals surface area contributed by atoms with Crippen molar-refractivity contribution >= 4 is 15.9 Å². The van der Waals surface area contributed by atoms with Gasteiger partial charge in [-0.05, 0) is 25.9 Å². The number of likely N-dealkylation sites (tertiary alicyclic amines) is 1. The summed E-state index contributed by atoms with van der Waals surface area (Å²) in [5.41, 5.74) is 0. The van der Waals surface area contributed by atoms with Crippen LogP contribution in [0.25, 0.3) is 0 Å². The standard InChI is InChI=1S/C12H25N3O3S/c1-4-15(5-2)19(17,18)10-12(16)14-7-6-11(9-14)8-13-3/h11,13H,4-10H2,1-3H3. The van der Waals surface area contributed by atoms with Crippen LogP contribution in [-0.2, 0) is 14.8 Å². The Labute approximate surface area is 116 Å². The summed E-state index contributed by atoms with van der Waals surface area (Å²) < 4.78 is 25.4.